The molecule has 0 saturated carbocycles. The first-order valence-corrected chi connectivity index (χ1v) is 7.85. The summed E-state index contributed by atoms with van der Waals surface area (Å²) >= 11 is 0. The van der Waals surface area contributed by atoms with E-state index in [-0.39, 0.29) is 24.9 Å². The predicted molar refractivity (Wildman–Crippen MR) is 90.4 cm³/mol. The van der Waals surface area contributed by atoms with E-state index in [2.05, 4.69) is 23.5 Å². The molecule has 0 aromatic heterocycles. The van der Waals surface area contributed by atoms with Crippen LogP contribution in [0.3, 0.4) is 0 Å². The van der Waals surface area contributed by atoms with E-state index in [1.165, 1.54) is 10.3 Å². The minimum atomic E-state index is -0.427. The predicted octanol–water partition coefficient (Wildman–Crippen LogP) is 1.39. The Morgan fingerprint density at radius 2 is 1.88 bits per heavy atom. The fourth-order valence-electron chi connectivity index (χ4n) is 2.87. The average molecular weight is 325 g/mol. The Morgan fingerprint density at radius 1 is 1.12 bits per heavy atom. The van der Waals surface area contributed by atoms with Crippen LogP contribution in [0, 0.1) is 0 Å². The highest BCUT2D eigenvalue weighted by atomic mass is 16.2. The summed E-state index contributed by atoms with van der Waals surface area (Å²) in [5, 5.41) is 5.11. The molecule has 1 N–H and O–H groups in total. The zero-order chi connectivity index (χ0) is 17.1. The Hall–Kier alpha value is -2.89. The Bertz CT molecular complexity index is 798. The van der Waals surface area contributed by atoms with Gasteiger partial charge in [-0.25, -0.2) is 4.79 Å². The zero-order valence-electron chi connectivity index (χ0n) is 13.5. The summed E-state index contributed by atoms with van der Waals surface area (Å²) in [4.78, 5) is 37.7. The van der Waals surface area contributed by atoms with Gasteiger partial charge in [0.15, 0.2) is 0 Å². The van der Waals surface area contributed by atoms with Crippen LogP contribution in [0.25, 0.3) is 10.8 Å². The van der Waals surface area contributed by atoms with E-state index in [0.29, 0.717) is 13.0 Å². The summed E-state index contributed by atoms with van der Waals surface area (Å²) in [5.74, 6) is -0.668. The highest BCUT2D eigenvalue weighted by molar-refractivity contribution is 6.04. The van der Waals surface area contributed by atoms with Crippen molar-refractivity contribution in [3.05, 3.63) is 48.0 Å². The third kappa shape index (κ3) is 3.22. The van der Waals surface area contributed by atoms with E-state index in [4.69, 9.17) is 0 Å². The number of fused-ring (bicyclic) bond motifs is 1. The number of carbonyl (C=O) groups excluding carboxylic acids is 3. The molecule has 0 atom stereocenters. The van der Waals surface area contributed by atoms with Gasteiger partial charge in [0.2, 0.25) is 5.91 Å². The van der Waals surface area contributed by atoms with Crippen molar-refractivity contribution in [2.24, 2.45) is 0 Å². The van der Waals surface area contributed by atoms with E-state index < -0.39 is 6.03 Å². The molecule has 0 spiro atoms. The van der Waals surface area contributed by atoms with Crippen molar-refractivity contribution in [3.63, 3.8) is 0 Å². The molecule has 1 saturated heterocycles. The molecule has 2 aromatic carbocycles. The van der Waals surface area contributed by atoms with Crippen molar-refractivity contribution >= 4 is 28.6 Å². The van der Waals surface area contributed by atoms with Gasteiger partial charge in [-0.05, 0) is 22.8 Å². The number of carbonyl (C=O) groups is 3. The molecule has 1 fully saturated rings. The summed E-state index contributed by atoms with van der Waals surface area (Å²) in [7, 11) is 1.54. The Balaban J connectivity index is 1.55. The summed E-state index contributed by atoms with van der Waals surface area (Å²) in [6.45, 7) is 0.262. The molecule has 0 aliphatic carbocycles. The molecule has 3 rings (SSSR count). The standard InChI is InChI=1S/C18H19N3O3/c1-20-12-17(23)21(18(20)24)11-16(22)19-10-9-14-7-4-6-13-5-2-3-8-15(13)14/h2-8H,9-12H2,1H3,(H,19,22). The van der Waals surface area contributed by atoms with E-state index >= 15 is 0 Å². The first kappa shape index (κ1) is 16.0. The molecule has 1 aliphatic rings. The molecular formula is C18H19N3O3. The van der Waals surface area contributed by atoms with Gasteiger partial charge in [-0.3, -0.25) is 14.5 Å². The smallest absolute Gasteiger partial charge is 0.327 e. The molecule has 2 aromatic rings. The van der Waals surface area contributed by atoms with Crippen molar-refractivity contribution in [2.75, 3.05) is 26.7 Å². The van der Waals surface area contributed by atoms with E-state index in [1.54, 1.807) is 7.05 Å². The minimum absolute atomic E-state index is 0.0299. The van der Waals surface area contributed by atoms with E-state index in [0.717, 1.165) is 15.8 Å². The summed E-state index contributed by atoms with van der Waals surface area (Å²) in [6, 6.07) is 13.8. The molecule has 6 nitrogen and oxygen atoms in total. The molecular weight excluding hydrogens is 306 g/mol. The second-order valence-corrected chi connectivity index (χ2v) is 5.86. The lowest BCUT2D eigenvalue weighted by Gasteiger charge is -2.14. The van der Waals surface area contributed by atoms with Gasteiger partial charge < -0.3 is 10.2 Å². The van der Waals surface area contributed by atoms with Crippen molar-refractivity contribution in [1.29, 1.82) is 0 Å². The normalized spacial score (nSPS) is 14.5. The number of nitrogens with one attached hydrogen (secondary N) is 1. The van der Waals surface area contributed by atoms with Gasteiger partial charge in [0, 0.05) is 13.6 Å². The van der Waals surface area contributed by atoms with Gasteiger partial charge in [-0.2, -0.15) is 0 Å². The molecule has 1 aliphatic heterocycles. The third-order valence-corrected chi connectivity index (χ3v) is 4.13. The second kappa shape index (κ2) is 6.70. The monoisotopic (exact) mass is 325 g/mol. The highest BCUT2D eigenvalue weighted by Gasteiger charge is 2.34. The van der Waals surface area contributed by atoms with Crippen LogP contribution in [0.1, 0.15) is 5.56 Å². The summed E-state index contributed by atoms with van der Waals surface area (Å²) < 4.78 is 0. The SMILES string of the molecule is CN1CC(=O)N(CC(=O)NCCc2cccc3ccccc23)C1=O. The molecule has 0 unspecified atom stereocenters. The van der Waals surface area contributed by atoms with Crippen LogP contribution >= 0.6 is 0 Å². The van der Waals surface area contributed by atoms with E-state index in [1.807, 2.05) is 24.3 Å². The van der Waals surface area contributed by atoms with Gasteiger partial charge in [0.25, 0.3) is 5.91 Å². The quantitative estimate of drug-likeness (QED) is 0.845. The Morgan fingerprint density at radius 3 is 2.62 bits per heavy atom. The van der Waals surface area contributed by atoms with Crippen LogP contribution < -0.4 is 5.32 Å². The maximum absolute atomic E-state index is 12.0. The topological polar surface area (TPSA) is 69.7 Å². The first-order chi connectivity index (χ1) is 11.6. The molecule has 0 bridgehead atoms. The molecule has 124 valence electrons. The largest absolute Gasteiger partial charge is 0.354 e. The van der Waals surface area contributed by atoms with Gasteiger partial charge in [0.05, 0.1) is 0 Å². The van der Waals surface area contributed by atoms with E-state index in [9.17, 15) is 14.4 Å². The van der Waals surface area contributed by atoms with Crippen LogP contribution in [0.5, 0.6) is 0 Å². The van der Waals surface area contributed by atoms with Gasteiger partial charge in [-0.1, -0.05) is 42.5 Å². The average Bonchev–Trinajstić information content (AvgIpc) is 2.81. The number of hydrogen-bond acceptors (Lipinski definition) is 3. The lowest BCUT2D eigenvalue weighted by atomic mass is 10.0. The number of likely N-dealkylation sites (N-methyl/N-ethyl adjacent to an activating group) is 1. The summed E-state index contributed by atoms with van der Waals surface area (Å²) in [6.07, 6.45) is 0.689. The van der Waals surface area contributed by atoms with Gasteiger partial charge >= 0.3 is 6.03 Å². The second-order valence-electron chi connectivity index (χ2n) is 5.86. The summed E-state index contributed by atoms with van der Waals surface area (Å²) in [5.41, 5.74) is 1.15. The lowest BCUT2D eigenvalue weighted by Crippen LogP contribution is -2.41. The third-order valence-electron chi connectivity index (χ3n) is 4.13. The number of imide groups is 1. The molecule has 6 heteroatoms. The van der Waals surface area contributed by atoms with Crippen LogP contribution in [-0.2, 0) is 16.0 Å². The van der Waals surface area contributed by atoms with Crippen molar-refractivity contribution in [2.45, 2.75) is 6.42 Å². The Kier molecular flexibility index (Phi) is 4.46. The van der Waals surface area contributed by atoms with Crippen LogP contribution in [0.4, 0.5) is 4.79 Å². The number of rotatable bonds is 5. The fourth-order valence-corrected chi connectivity index (χ4v) is 2.87. The number of nitrogens with zero attached hydrogens (tertiary/aromatic N) is 2. The highest BCUT2D eigenvalue weighted by Crippen LogP contribution is 2.18. The zero-order valence-corrected chi connectivity index (χ0v) is 13.5. The maximum atomic E-state index is 12.0. The van der Waals surface area contributed by atoms with Gasteiger partial charge in [-0.15, -0.1) is 0 Å². The number of urea groups is 1. The lowest BCUT2D eigenvalue weighted by molar-refractivity contribution is -0.130. The molecule has 24 heavy (non-hydrogen) atoms. The maximum Gasteiger partial charge on any atom is 0.327 e. The van der Waals surface area contributed by atoms with Crippen LogP contribution in [0.2, 0.25) is 0 Å². The number of benzene rings is 2. The number of amides is 4. The first-order valence-electron chi connectivity index (χ1n) is 7.85. The van der Waals surface area contributed by atoms with Crippen molar-refractivity contribution in [1.82, 2.24) is 15.1 Å². The van der Waals surface area contributed by atoms with Crippen molar-refractivity contribution < 1.29 is 14.4 Å². The molecule has 4 amide bonds. The van der Waals surface area contributed by atoms with Crippen LogP contribution in [0.15, 0.2) is 42.5 Å². The molecule has 1 heterocycles. The molecule has 0 radical (unpaired) electrons. The number of hydrogen-bond donors (Lipinski definition) is 1. The van der Waals surface area contributed by atoms with Crippen LogP contribution in [-0.4, -0.2) is 54.3 Å². The Labute approximate surface area is 140 Å². The van der Waals surface area contributed by atoms with Crippen molar-refractivity contribution in [3.8, 4) is 0 Å². The van der Waals surface area contributed by atoms with Gasteiger partial charge in [0.1, 0.15) is 13.1 Å². The minimum Gasteiger partial charge on any atom is -0.354 e. The fraction of sp³-hybridized carbons (Fsp3) is 0.278.